The Morgan fingerprint density at radius 2 is 2.39 bits per heavy atom. The van der Waals surface area contributed by atoms with E-state index in [1.807, 2.05) is 25.4 Å². The van der Waals surface area contributed by atoms with E-state index in [4.69, 9.17) is 17.1 Å². The number of nitrogens with zero attached hydrogens (tertiary/aromatic N) is 1. The molecule has 1 atom stereocenters. The molecule has 1 aromatic rings. The summed E-state index contributed by atoms with van der Waals surface area (Å²) in [5, 5.41) is 3.10. The summed E-state index contributed by atoms with van der Waals surface area (Å²) in [4.78, 5) is 10.1. The van der Waals surface area contributed by atoms with Gasteiger partial charge in [-0.1, -0.05) is 24.4 Å². The fraction of sp³-hybridized carbons (Fsp3) is 0.385. The number of hydroxylamine groups is 1. The number of thiocarbonyl (C=S) groups is 1. The maximum absolute atomic E-state index is 5.53. The van der Waals surface area contributed by atoms with Gasteiger partial charge in [0, 0.05) is 19.4 Å². The molecule has 1 aromatic heterocycles. The zero-order chi connectivity index (χ0) is 13.0. The maximum atomic E-state index is 5.53. The minimum atomic E-state index is -0.353. The van der Waals surface area contributed by atoms with E-state index in [0.29, 0.717) is 0 Å². The van der Waals surface area contributed by atoms with Gasteiger partial charge in [-0.05, 0) is 24.5 Å². The van der Waals surface area contributed by atoms with E-state index in [9.17, 15) is 0 Å². The van der Waals surface area contributed by atoms with Crippen LogP contribution in [0.2, 0.25) is 0 Å². The van der Waals surface area contributed by atoms with Crippen LogP contribution in [0.1, 0.15) is 18.4 Å². The Balaban J connectivity index is 2.49. The van der Waals surface area contributed by atoms with Crippen LogP contribution < -0.4 is 10.8 Å². The molecule has 2 N–H and O–H groups in total. The smallest absolute Gasteiger partial charge is 0.0919 e. The molecule has 0 bridgehead atoms. The molecule has 0 aromatic carbocycles. The van der Waals surface area contributed by atoms with Crippen LogP contribution in [0.3, 0.4) is 0 Å². The van der Waals surface area contributed by atoms with Gasteiger partial charge in [-0.3, -0.25) is 15.3 Å². The molecule has 1 aliphatic rings. The van der Waals surface area contributed by atoms with Crippen LogP contribution in [0.5, 0.6) is 0 Å². The van der Waals surface area contributed by atoms with Gasteiger partial charge in [0.15, 0.2) is 0 Å². The maximum Gasteiger partial charge on any atom is 0.0919 e. The molecule has 1 aliphatic carbocycles. The average Bonchev–Trinajstić information content (AvgIpc) is 2.84. The number of aromatic nitrogens is 1. The van der Waals surface area contributed by atoms with Crippen molar-refractivity contribution >= 4 is 17.2 Å². The van der Waals surface area contributed by atoms with Gasteiger partial charge < -0.3 is 5.32 Å². The van der Waals surface area contributed by atoms with E-state index in [2.05, 4.69) is 21.9 Å². The monoisotopic (exact) mass is 263 g/mol. The minimum absolute atomic E-state index is 0.353. The van der Waals surface area contributed by atoms with Crippen LogP contribution in [-0.4, -0.2) is 24.1 Å². The molecule has 5 heteroatoms. The molecular weight excluding hydrogens is 246 g/mol. The van der Waals surface area contributed by atoms with Gasteiger partial charge in [0.25, 0.3) is 0 Å². The molecule has 0 saturated heterocycles. The van der Waals surface area contributed by atoms with E-state index in [1.54, 1.807) is 13.3 Å². The third-order valence-electron chi connectivity index (χ3n) is 3.31. The highest BCUT2D eigenvalue weighted by Crippen LogP contribution is 2.41. The van der Waals surface area contributed by atoms with Crippen molar-refractivity contribution in [1.29, 1.82) is 0 Å². The quantitative estimate of drug-likeness (QED) is 0.639. The van der Waals surface area contributed by atoms with E-state index >= 15 is 0 Å². The van der Waals surface area contributed by atoms with Crippen LogP contribution >= 0.6 is 12.2 Å². The minimum Gasteiger partial charge on any atom is -0.382 e. The molecule has 2 rings (SSSR count). The largest absolute Gasteiger partial charge is 0.382 e. The van der Waals surface area contributed by atoms with Crippen molar-refractivity contribution in [3.05, 3.63) is 41.9 Å². The topological polar surface area (TPSA) is 46.2 Å². The first-order chi connectivity index (χ1) is 8.75. The molecule has 0 radical (unpaired) electrons. The summed E-state index contributed by atoms with van der Waals surface area (Å²) >= 11 is 5.53. The van der Waals surface area contributed by atoms with E-state index in [1.165, 1.54) is 0 Å². The first-order valence-corrected chi connectivity index (χ1v) is 6.29. The number of nitrogens with one attached hydrogen (secondary N) is 2. The van der Waals surface area contributed by atoms with Crippen molar-refractivity contribution in [2.75, 3.05) is 14.2 Å². The van der Waals surface area contributed by atoms with Gasteiger partial charge in [-0.2, -0.15) is 0 Å². The molecule has 96 valence electrons. The second kappa shape index (κ2) is 5.46. The van der Waals surface area contributed by atoms with Crippen molar-refractivity contribution < 1.29 is 4.84 Å². The average molecular weight is 263 g/mol. The molecule has 0 amide bonds. The van der Waals surface area contributed by atoms with Gasteiger partial charge in [0.05, 0.1) is 23.2 Å². The van der Waals surface area contributed by atoms with E-state index in [-0.39, 0.29) is 5.41 Å². The summed E-state index contributed by atoms with van der Waals surface area (Å²) in [6, 6.07) is 3.98. The predicted molar refractivity (Wildman–Crippen MR) is 75.0 cm³/mol. The van der Waals surface area contributed by atoms with E-state index in [0.717, 1.165) is 29.1 Å². The SMILES string of the molecule is CNC(=S)C1(c2cccnc2)CCC=C1NOC. The molecule has 1 heterocycles. The van der Waals surface area contributed by atoms with Gasteiger partial charge in [-0.15, -0.1) is 0 Å². The van der Waals surface area contributed by atoms with Crippen molar-refractivity contribution in [2.45, 2.75) is 18.3 Å². The standard InChI is InChI=1S/C13H17N3OS/c1-14-12(18)13(10-5-4-8-15-9-10)7-3-6-11(13)16-17-2/h4-6,8-9,16H,3,7H2,1-2H3,(H,14,18). The number of hydrogen-bond acceptors (Lipinski definition) is 4. The second-order valence-electron chi connectivity index (χ2n) is 4.19. The number of allylic oxidation sites excluding steroid dienone is 1. The summed E-state index contributed by atoms with van der Waals surface area (Å²) in [5.74, 6) is 0. The summed E-state index contributed by atoms with van der Waals surface area (Å²) in [6.45, 7) is 0. The van der Waals surface area contributed by atoms with Crippen LogP contribution in [0.25, 0.3) is 0 Å². The molecule has 1 unspecified atom stereocenters. The Labute approximate surface area is 112 Å². The summed E-state index contributed by atoms with van der Waals surface area (Å²) in [7, 11) is 3.46. The summed E-state index contributed by atoms with van der Waals surface area (Å²) in [5.41, 5.74) is 4.67. The first kappa shape index (κ1) is 13.0. The van der Waals surface area contributed by atoms with Crippen molar-refractivity contribution in [2.24, 2.45) is 0 Å². The Hall–Kier alpha value is -1.46. The Bertz CT molecular complexity index is 461. The third-order valence-corrected chi connectivity index (χ3v) is 3.86. The molecule has 0 saturated carbocycles. The second-order valence-corrected chi connectivity index (χ2v) is 4.60. The Morgan fingerprint density at radius 3 is 3.00 bits per heavy atom. The number of likely N-dealkylation sites (N-methyl/N-ethyl adjacent to an activating group) is 1. The number of rotatable bonds is 4. The lowest BCUT2D eigenvalue weighted by Crippen LogP contribution is -2.45. The van der Waals surface area contributed by atoms with Crippen LogP contribution in [0, 0.1) is 0 Å². The van der Waals surface area contributed by atoms with Crippen molar-refractivity contribution in [3.8, 4) is 0 Å². The predicted octanol–water partition coefficient (Wildman–Crippen LogP) is 1.69. The molecular formula is C13H17N3OS. The van der Waals surface area contributed by atoms with Crippen LogP contribution in [0.15, 0.2) is 36.3 Å². The van der Waals surface area contributed by atoms with Gasteiger partial charge in [0.1, 0.15) is 0 Å². The highest BCUT2D eigenvalue weighted by Gasteiger charge is 2.43. The summed E-state index contributed by atoms with van der Waals surface area (Å²) < 4.78 is 0. The Kier molecular flexibility index (Phi) is 3.93. The molecule has 4 nitrogen and oxygen atoms in total. The number of hydrogen-bond donors (Lipinski definition) is 2. The van der Waals surface area contributed by atoms with Crippen LogP contribution in [0.4, 0.5) is 0 Å². The lowest BCUT2D eigenvalue weighted by molar-refractivity contribution is 0.110. The Morgan fingerprint density at radius 1 is 1.56 bits per heavy atom. The van der Waals surface area contributed by atoms with Crippen molar-refractivity contribution in [1.82, 2.24) is 15.8 Å². The van der Waals surface area contributed by atoms with E-state index < -0.39 is 0 Å². The molecule has 0 aliphatic heterocycles. The highest BCUT2D eigenvalue weighted by molar-refractivity contribution is 7.80. The zero-order valence-corrected chi connectivity index (χ0v) is 11.4. The fourth-order valence-electron chi connectivity index (χ4n) is 2.48. The molecule has 0 spiro atoms. The first-order valence-electron chi connectivity index (χ1n) is 5.88. The lowest BCUT2D eigenvalue weighted by atomic mass is 9.78. The van der Waals surface area contributed by atoms with Gasteiger partial charge >= 0.3 is 0 Å². The van der Waals surface area contributed by atoms with Crippen molar-refractivity contribution in [3.63, 3.8) is 0 Å². The zero-order valence-electron chi connectivity index (χ0n) is 10.6. The number of pyridine rings is 1. The normalized spacial score (nSPS) is 22.4. The molecule has 18 heavy (non-hydrogen) atoms. The third kappa shape index (κ3) is 2.00. The fourth-order valence-corrected chi connectivity index (χ4v) is 2.81. The van der Waals surface area contributed by atoms with Gasteiger partial charge in [0.2, 0.25) is 0 Å². The van der Waals surface area contributed by atoms with Crippen LogP contribution in [-0.2, 0) is 10.3 Å². The highest BCUT2D eigenvalue weighted by atomic mass is 32.1. The summed E-state index contributed by atoms with van der Waals surface area (Å²) in [6.07, 6.45) is 7.63. The lowest BCUT2D eigenvalue weighted by Gasteiger charge is -2.33. The van der Waals surface area contributed by atoms with Gasteiger partial charge in [-0.25, -0.2) is 0 Å². The molecule has 0 fully saturated rings.